The van der Waals surface area contributed by atoms with E-state index in [1.54, 1.807) is 11.3 Å². The number of benzene rings is 1. The number of hydrogen-bond acceptors (Lipinski definition) is 3. The van der Waals surface area contributed by atoms with Gasteiger partial charge in [0.05, 0.1) is 12.2 Å². The van der Waals surface area contributed by atoms with E-state index in [9.17, 15) is 4.79 Å². The summed E-state index contributed by atoms with van der Waals surface area (Å²) in [5, 5.41) is 8.88. The number of nitrogens with one attached hydrogen (secondary N) is 2. The van der Waals surface area contributed by atoms with E-state index in [1.807, 2.05) is 36.6 Å². The number of carbonyl (C=O) groups excluding carboxylic acids is 1. The van der Waals surface area contributed by atoms with Gasteiger partial charge in [-0.1, -0.05) is 17.7 Å². The molecule has 0 saturated carbocycles. The molecular formula is C14H15ClN2OS. The van der Waals surface area contributed by atoms with Crippen LogP contribution >= 0.6 is 22.9 Å². The van der Waals surface area contributed by atoms with Gasteiger partial charge in [0.2, 0.25) is 5.91 Å². The minimum Gasteiger partial charge on any atom is -0.380 e. The second-order valence-electron chi connectivity index (χ2n) is 4.20. The highest BCUT2D eigenvalue weighted by Crippen LogP contribution is 2.26. The molecule has 1 amide bonds. The lowest BCUT2D eigenvalue weighted by Crippen LogP contribution is -2.08. The molecule has 0 aliphatic heterocycles. The third-order valence-corrected chi connectivity index (χ3v) is 4.09. The topological polar surface area (TPSA) is 41.1 Å². The summed E-state index contributed by atoms with van der Waals surface area (Å²) in [6.07, 6.45) is 0. The molecule has 1 aromatic carbocycles. The monoisotopic (exact) mass is 294 g/mol. The van der Waals surface area contributed by atoms with Gasteiger partial charge < -0.3 is 10.6 Å². The molecule has 0 fully saturated rings. The van der Waals surface area contributed by atoms with Crippen molar-refractivity contribution in [2.24, 2.45) is 0 Å². The van der Waals surface area contributed by atoms with Gasteiger partial charge in [0.1, 0.15) is 0 Å². The Labute approximate surface area is 121 Å². The Hall–Kier alpha value is -1.52. The summed E-state index contributed by atoms with van der Waals surface area (Å²) in [5.41, 5.74) is 2.90. The fraction of sp³-hybridized carbons (Fsp3) is 0.214. The van der Waals surface area contributed by atoms with Crippen LogP contribution in [0.5, 0.6) is 0 Å². The first-order chi connectivity index (χ1) is 9.08. The van der Waals surface area contributed by atoms with Crippen molar-refractivity contribution >= 4 is 40.2 Å². The Morgan fingerprint density at radius 3 is 2.84 bits per heavy atom. The third kappa shape index (κ3) is 3.49. The van der Waals surface area contributed by atoms with E-state index in [0.717, 1.165) is 26.8 Å². The van der Waals surface area contributed by atoms with Crippen LogP contribution in [0.25, 0.3) is 0 Å². The molecule has 0 spiro atoms. The molecule has 0 aliphatic carbocycles. The van der Waals surface area contributed by atoms with Crippen LogP contribution in [0.15, 0.2) is 29.6 Å². The third-order valence-electron chi connectivity index (χ3n) is 2.76. The molecule has 2 rings (SSSR count). The first kappa shape index (κ1) is 13.9. The minimum absolute atomic E-state index is 0.0569. The molecule has 5 heteroatoms. The second kappa shape index (κ2) is 6.08. The molecule has 1 heterocycles. The second-order valence-corrected chi connectivity index (χ2v) is 5.61. The van der Waals surface area contributed by atoms with Crippen molar-refractivity contribution in [1.82, 2.24) is 0 Å². The number of hydrogen-bond donors (Lipinski definition) is 2. The highest BCUT2D eigenvalue weighted by atomic mass is 35.5. The predicted molar refractivity (Wildman–Crippen MR) is 82.1 cm³/mol. The first-order valence-corrected chi connectivity index (χ1v) is 7.16. The summed E-state index contributed by atoms with van der Waals surface area (Å²) in [7, 11) is 0. The van der Waals surface area contributed by atoms with Crippen molar-refractivity contribution in [2.45, 2.75) is 20.4 Å². The van der Waals surface area contributed by atoms with E-state index in [2.05, 4.69) is 10.6 Å². The summed E-state index contributed by atoms with van der Waals surface area (Å²) < 4.78 is 0. The summed E-state index contributed by atoms with van der Waals surface area (Å²) in [6.45, 7) is 4.15. The maximum Gasteiger partial charge on any atom is 0.221 e. The van der Waals surface area contributed by atoms with Gasteiger partial charge in [0.15, 0.2) is 0 Å². The SMILES string of the molecule is CC(=O)Nc1ccsc1CNc1cccc(Cl)c1C. The van der Waals surface area contributed by atoms with Gasteiger partial charge in [-0.25, -0.2) is 0 Å². The Morgan fingerprint density at radius 2 is 2.11 bits per heavy atom. The lowest BCUT2D eigenvalue weighted by molar-refractivity contribution is -0.114. The highest BCUT2D eigenvalue weighted by molar-refractivity contribution is 7.10. The molecule has 1 aromatic heterocycles. The molecule has 2 N–H and O–H groups in total. The van der Waals surface area contributed by atoms with E-state index < -0.39 is 0 Å². The van der Waals surface area contributed by atoms with Crippen molar-refractivity contribution in [3.63, 3.8) is 0 Å². The maximum absolute atomic E-state index is 11.1. The van der Waals surface area contributed by atoms with Crippen LogP contribution in [0.2, 0.25) is 5.02 Å². The van der Waals surface area contributed by atoms with Gasteiger partial charge >= 0.3 is 0 Å². The summed E-state index contributed by atoms with van der Waals surface area (Å²) in [5.74, 6) is -0.0569. The zero-order valence-electron chi connectivity index (χ0n) is 10.8. The average molecular weight is 295 g/mol. The van der Waals surface area contributed by atoms with Gasteiger partial charge in [-0.05, 0) is 36.1 Å². The van der Waals surface area contributed by atoms with E-state index in [1.165, 1.54) is 6.92 Å². The number of anilines is 2. The molecule has 2 aromatic rings. The van der Waals surface area contributed by atoms with Gasteiger partial charge in [-0.2, -0.15) is 0 Å². The van der Waals surface area contributed by atoms with Crippen LogP contribution in [0.1, 0.15) is 17.4 Å². The van der Waals surface area contributed by atoms with Crippen LogP contribution < -0.4 is 10.6 Å². The van der Waals surface area contributed by atoms with Crippen LogP contribution in [-0.2, 0) is 11.3 Å². The Balaban J connectivity index is 2.08. The van der Waals surface area contributed by atoms with E-state index in [4.69, 9.17) is 11.6 Å². The van der Waals surface area contributed by atoms with Gasteiger partial charge in [-0.15, -0.1) is 11.3 Å². The molecule has 0 unspecified atom stereocenters. The van der Waals surface area contributed by atoms with E-state index in [-0.39, 0.29) is 5.91 Å². The summed E-state index contributed by atoms with van der Waals surface area (Å²) >= 11 is 7.69. The normalized spacial score (nSPS) is 10.3. The van der Waals surface area contributed by atoms with E-state index >= 15 is 0 Å². The first-order valence-electron chi connectivity index (χ1n) is 5.91. The van der Waals surface area contributed by atoms with Crippen molar-refractivity contribution in [3.8, 4) is 0 Å². The minimum atomic E-state index is -0.0569. The number of halogens is 1. The highest BCUT2D eigenvalue weighted by Gasteiger charge is 2.07. The van der Waals surface area contributed by atoms with Crippen LogP contribution in [0.3, 0.4) is 0 Å². The quantitative estimate of drug-likeness (QED) is 0.883. The number of thiophene rings is 1. The number of carbonyl (C=O) groups is 1. The lowest BCUT2D eigenvalue weighted by atomic mass is 10.2. The fourth-order valence-electron chi connectivity index (χ4n) is 1.75. The molecule has 0 saturated heterocycles. The molecule has 0 bridgehead atoms. The molecule has 0 radical (unpaired) electrons. The Morgan fingerprint density at radius 1 is 1.32 bits per heavy atom. The van der Waals surface area contributed by atoms with Crippen LogP contribution in [0, 0.1) is 6.92 Å². The lowest BCUT2D eigenvalue weighted by Gasteiger charge is -2.11. The summed E-state index contributed by atoms with van der Waals surface area (Å²) in [4.78, 5) is 12.2. The molecule has 100 valence electrons. The van der Waals surface area contributed by atoms with Gasteiger partial charge in [0.25, 0.3) is 0 Å². The Kier molecular flexibility index (Phi) is 4.45. The van der Waals surface area contributed by atoms with Crippen molar-refractivity contribution in [1.29, 1.82) is 0 Å². The Bertz CT molecular complexity index is 595. The van der Waals surface area contributed by atoms with Gasteiger partial charge in [-0.3, -0.25) is 4.79 Å². The molecular weight excluding hydrogens is 280 g/mol. The number of amides is 1. The van der Waals surface area contributed by atoms with E-state index in [0.29, 0.717) is 6.54 Å². The average Bonchev–Trinajstić information content (AvgIpc) is 2.78. The molecule has 19 heavy (non-hydrogen) atoms. The molecule has 0 aliphatic rings. The van der Waals surface area contributed by atoms with Crippen LogP contribution in [-0.4, -0.2) is 5.91 Å². The van der Waals surface area contributed by atoms with Crippen molar-refractivity contribution in [2.75, 3.05) is 10.6 Å². The van der Waals surface area contributed by atoms with Crippen molar-refractivity contribution < 1.29 is 4.79 Å². The zero-order valence-corrected chi connectivity index (χ0v) is 12.4. The maximum atomic E-state index is 11.1. The fourth-order valence-corrected chi connectivity index (χ4v) is 2.70. The van der Waals surface area contributed by atoms with Crippen LogP contribution in [0.4, 0.5) is 11.4 Å². The standard InChI is InChI=1S/C14H15ClN2OS/c1-9-11(15)4-3-5-12(9)16-8-14-13(6-7-19-14)17-10(2)18/h3-7,16H,8H2,1-2H3,(H,17,18). The van der Waals surface area contributed by atoms with Gasteiger partial charge in [0, 0.05) is 22.5 Å². The number of rotatable bonds is 4. The molecule has 3 nitrogen and oxygen atoms in total. The molecule has 0 atom stereocenters. The zero-order chi connectivity index (χ0) is 13.8. The smallest absolute Gasteiger partial charge is 0.221 e. The predicted octanol–water partition coefficient (Wildman–Crippen LogP) is 4.28. The summed E-state index contributed by atoms with van der Waals surface area (Å²) in [6, 6.07) is 7.69. The van der Waals surface area contributed by atoms with Crippen molar-refractivity contribution in [3.05, 3.63) is 45.1 Å². The largest absolute Gasteiger partial charge is 0.380 e.